The summed E-state index contributed by atoms with van der Waals surface area (Å²) < 4.78 is 2.15. The average molecular weight is 200 g/mol. The molecule has 2 aromatic heterocycles. The van der Waals surface area contributed by atoms with Crippen molar-refractivity contribution >= 4 is 22.9 Å². The summed E-state index contributed by atoms with van der Waals surface area (Å²) >= 11 is 0. The summed E-state index contributed by atoms with van der Waals surface area (Å²) in [6.07, 6.45) is 7.98. The first-order chi connectivity index (χ1) is 7.40. The minimum atomic E-state index is 0.826. The van der Waals surface area contributed by atoms with Crippen molar-refractivity contribution in [1.29, 1.82) is 0 Å². The zero-order chi connectivity index (χ0) is 10.3. The molecular formula is C11H12N4. The largest absolute Gasteiger partial charge is 0.366 e. The summed E-state index contributed by atoms with van der Waals surface area (Å²) in [6, 6.07) is 0. The second-order valence-electron chi connectivity index (χ2n) is 3.57. The predicted molar refractivity (Wildman–Crippen MR) is 60.7 cm³/mol. The number of hydrogen-bond donors (Lipinski definition) is 1. The number of aromatic nitrogens is 3. The van der Waals surface area contributed by atoms with Crippen LogP contribution in [0.5, 0.6) is 0 Å². The molecule has 76 valence electrons. The van der Waals surface area contributed by atoms with Crippen molar-refractivity contribution in [2.45, 2.75) is 13.5 Å². The van der Waals surface area contributed by atoms with Crippen LogP contribution in [0, 0.1) is 0 Å². The Labute approximate surface area is 87.7 Å². The molecule has 0 radical (unpaired) electrons. The van der Waals surface area contributed by atoms with Gasteiger partial charge in [-0.3, -0.25) is 0 Å². The predicted octanol–water partition coefficient (Wildman–Crippen LogP) is 1.89. The van der Waals surface area contributed by atoms with E-state index in [2.05, 4.69) is 45.1 Å². The second kappa shape index (κ2) is 3.08. The Hall–Kier alpha value is -1.84. The number of nitrogens with one attached hydrogen (secondary N) is 1. The van der Waals surface area contributed by atoms with Crippen molar-refractivity contribution in [3.8, 4) is 0 Å². The van der Waals surface area contributed by atoms with E-state index in [1.54, 1.807) is 6.33 Å². The molecule has 0 fully saturated rings. The topological polar surface area (TPSA) is 42.7 Å². The molecular weight excluding hydrogens is 188 g/mol. The zero-order valence-corrected chi connectivity index (χ0v) is 8.57. The Morgan fingerprint density at radius 2 is 2.40 bits per heavy atom. The van der Waals surface area contributed by atoms with Gasteiger partial charge in [0, 0.05) is 24.8 Å². The summed E-state index contributed by atoms with van der Waals surface area (Å²) in [6.45, 7) is 3.88. The van der Waals surface area contributed by atoms with Crippen molar-refractivity contribution in [1.82, 2.24) is 14.5 Å². The molecule has 1 aliphatic heterocycles. The van der Waals surface area contributed by atoms with Gasteiger partial charge in [0.05, 0.1) is 5.39 Å². The molecule has 0 spiro atoms. The van der Waals surface area contributed by atoms with E-state index in [-0.39, 0.29) is 0 Å². The van der Waals surface area contributed by atoms with Crippen LogP contribution in [0.25, 0.3) is 17.1 Å². The Bertz CT molecular complexity index is 539. The maximum Gasteiger partial charge on any atom is 0.146 e. The van der Waals surface area contributed by atoms with Crippen LogP contribution in [-0.2, 0) is 6.54 Å². The molecule has 2 aromatic rings. The molecule has 4 heteroatoms. The average Bonchev–Trinajstić information content (AvgIpc) is 2.50. The summed E-state index contributed by atoms with van der Waals surface area (Å²) in [5.74, 6) is 0.937. The lowest BCUT2D eigenvalue weighted by Crippen LogP contribution is -2.01. The Kier molecular flexibility index (Phi) is 1.74. The van der Waals surface area contributed by atoms with Crippen LogP contribution >= 0.6 is 0 Å². The first-order valence-electron chi connectivity index (χ1n) is 5.14. The molecule has 3 heterocycles. The summed E-state index contributed by atoms with van der Waals surface area (Å²) in [5.41, 5.74) is 2.21. The monoisotopic (exact) mass is 200 g/mol. The number of hydrogen-bond acceptors (Lipinski definition) is 3. The zero-order valence-electron chi connectivity index (χ0n) is 8.57. The van der Waals surface area contributed by atoms with Crippen molar-refractivity contribution < 1.29 is 0 Å². The smallest absolute Gasteiger partial charge is 0.146 e. The highest BCUT2D eigenvalue weighted by atomic mass is 15.1. The van der Waals surface area contributed by atoms with Crippen LogP contribution in [0.4, 0.5) is 5.82 Å². The van der Waals surface area contributed by atoms with Crippen LogP contribution in [-0.4, -0.2) is 21.1 Å². The van der Waals surface area contributed by atoms with Gasteiger partial charge in [-0.25, -0.2) is 9.97 Å². The highest BCUT2D eigenvalue weighted by molar-refractivity contribution is 5.96. The van der Waals surface area contributed by atoms with Crippen molar-refractivity contribution in [2.24, 2.45) is 0 Å². The first kappa shape index (κ1) is 8.47. The van der Waals surface area contributed by atoms with Crippen LogP contribution in [0.1, 0.15) is 12.5 Å². The third-order valence-corrected chi connectivity index (χ3v) is 2.71. The molecule has 0 aliphatic carbocycles. The standard InChI is InChI=1S/C11H12N4/c1-2-15-6-8-4-3-5-12-10-9(8)11(15)14-7-13-10/h3-4,6-7H,2,5H2,1H3,(H,12,13,14). The molecule has 15 heavy (non-hydrogen) atoms. The minimum absolute atomic E-state index is 0.826. The van der Waals surface area contributed by atoms with Gasteiger partial charge in [-0.15, -0.1) is 0 Å². The Balaban J connectivity index is 2.43. The molecule has 0 amide bonds. The molecule has 0 unspecified atom stereocenters. The van der Waals surface area contributed by atoms with E-state index in [1.165, 1.54) is 5.56 Å². The van der Waals surface area contributed by atoms with Crippen LogP contribution in [0.15, 0.2) is 18.6 Å². The third-order valence-electron chi connectivity index (χ3n) is 2.71. The van der Waals surface area contributed by atoms with E-state index in [9.17, 15) is 0 Å². The molecule has 0 atom stereocenters. The fourth-order valence-corrected chi connectivity index (χ4v) is 2.00. The SMILES string of the molecule is CCn1cc2c3c(ncnc31)NCC=C2. The molecule has 1 aliphatic rings. The van der Waals surface area contributed by atoms with Gasteiger partial charge < -0.3 is 9.88 Å². The number of aryl methyl sites for hydroxylation is 1. The molecule has 4 nitrogen and oxygen atoms in total. The van der Waals surface area contributed by atoms with Gasteiger partial charge in [-0.05, 0) is 6.92 Å². The summed E-state index contributed by atoms with van der Waals surface area (Å²) in [4.78, 5) is 8.60. The van der Waals surface area contributed by atoms with Crippen molar-refractivity contribution in [3.05, 3.63) is 24.2 Å². The molecule has 0 bridgehead atoms. The molecule has 0 saturated carbocycles. The third kappa shape index (κ3) is 1.14. The fraction of sp³-hybridized carbons (Fsp3) is 0.273. The fourth-order valence-electron chi connectivity index (χ4n) is 2.00. The van der Waals surface area contributed by atoms with Crippen LogP contribution < -0.4 is 5.32 Å². The van der Waals surface area contributed by atoms with E-state index in [0.29, 0.717) is 0 Å². The lowest BCUT2D eigenvalue weighted by molar-refractivity contribution is 0.786. The van der Waals surface area contributed by atoms with Gasteiger partial charge in [-0.1, -0.05) is 12.2 Å². The molecule has 1 N–H and O–H groups in total. The lowest BCUT2D eigenvalue weighted by Gasteiger charge is -2.03. The normalized spacial score (nSPS) is 13.9. The maximum atomic E-state index is 4.33. The van der Waals surface area contributed by atoms with Gasteiger partial charge in [0.2, 0.25) is 0 Å². The van der Waals surface area contributed by atoms with Crippen LogP contribution in [0.2, 0.25) is 0 Å². The lowest BCUT2D eigenvalue weighted by atomic mass is 10.2. The number of anilines is 1. The van der Waals surface area contributed by atoms with Gasteiger partial charge in [0.15, 0.2) is 0 Å². The van der Waals surface area contributed by atoms with E-state index in [4.69, 9.17) is 0 Å². The highest BCUT2D eigenvalue weighted by Crippen LogP contribution is 2.27. The number of nitrogens with zero attached hydrogens (tertiary/aromatic N) is 3. The maximum absolute atomic E-state index is 4.33. The van der Waals surface area contributed by atoms with E-state index in [0.717, 1.165) is 29.9 Å². The van der Waals surface area contributed by atoms with E-state index < -0.39 is 0 Å². The van der Waals surface area contributed by atoms with E-state index in [1.807, 2.05) is 0 Å². The first-order valence-corrected chi connectivity index (χ1v) is 5.14. The molecule has 3 rings (SSSR count). The highest BCUT2D eigenvalue weighted by Gasteiger charge is 2.13. The second-order valence-corrected chi connectivity index (χ2v) is 3.57. The Morgan fingerprint density at radius 1 is 1.47 bits per heavy atom. The van der Waals surface area contributed by atoms with Crippen molar-refractivity contribution in [2.75, 3.05) is 11.9 Å². The quantitative estimate of drug-likeness (QED) is 0.764. The molecule has 0 saturated heterocycles. The van der Waals surface area contributed by atoms with Gasteiger partial charge >= 0.3 is 0 Å². The van der Waals surface area contributed by atoms with Crippen LogP contribution in [0.3, 0.4) is 0 Å². The van der Waals surface area contributed by atoms with Gasteiger partial charge in [0.1, 0.15) is 17.8 Å². The van der Waals surface area contributed by atoms with Crippen molar-refractivity contribution in [3.63, 3.8) is 0 Å². The summed E-state index contributed by atoms with van der Waals surface area (Å²) in [5, 5.41) is 4.41. The summed E-state index contributed by atoms with van der Waals surface area (Å²) in [7, 11) is 0. The molecule has 0 aromatic carbocycles. The Morgan fingerprint density at radius 3 is 3.27 bits per heavy atom. The van der Waals surface area contributed by atoms with E-state index >= 15 is 0 Å². The number of rotatable bonds is 1. The minimum Gasteiger partial charge on any atom is -0.366 e. The van der Waals surface area contributed by atoms with Gasteiger partial charge in [-0.2, -0.15) is 0 Å². The van der Waals surface area contributed by atoms with Gasteiger partial charge in [0.25, 0.3) is 0 Å².